The van der Waals surface area contributed by atoms with Crippen LogP contribution in [0.1, 0.15) is 31.2 Å². The van der Waals surface area contributed by atoms with E-state index in [2.05, 4.69) is 0 Å². The summed E-state index contributed by atoms with van der Waals surface area (Å²) in [6, 6.07) is 3.97. The van der Waals surface area contributed by atoms with Crippen molar-refractivity contribution in [1.29, 1.82) is 4.78 Å². The molecule has 1 unspecified atom stereocenters. The summed E-state index contributed by atoms with van der Waals surface area (Å²) in [5, 5.41) is 10.5. The first-order chi connectivity index (χ1) is 16.7. The van der Waals surface area contributed by atoms with E-state index in [-0.39, 0.29) is 48.9 Å². The van der Waals surface area contributed by atoms with Gasteiger partial charge in [0.05, 0.1) is 6.04 Å². The van der Waals surface area contributed by atoms with Crippen LogP contribution in [0, 0.1) is 22.2 Å². The Bertz CT molecular complexity index is 1260. The number of benzene rings is 2. The minimum atomic E-state index is -5.38. The van der Waals surface area contributed by atoms with Crippen molar-refractivity contribution in [2.75, 3.05) is 6.54 Å². The van der Waals surface area contributed by atoms with Crippen LogP contribution in [0.25, 0.3) is 11.1 Å². The smallest absolute Gasteiger partial charge is 0.380 e. The molecule has 0 aromatic heterocycles. The van der Waals surface area contributed by atoms with Crippen molar-refractivity contribution in [1.82, 2.24) is 9.62 Å². The van der Waals surface area contributed by atoms with Gasteiger partial charge in [0.2, 0.25) is 9.92 Å². The first-order valence-electron chi connectivity index (χ1n) is 11.1. The fourth-order valence-electron chi connectivity index (χ4n) is 4.66. The minimum Gasteiger partial charge on any atom is -0.380 e. The van der Waals surface area contributed by atoms with E-state index in [1.54, 1.807) is 4.72 Å². The molecule has 1 saturated carbocycles. The van der Waals surface area contributed by atoms with Gasteiger partial charge in [-0.05, 0) is 55.4 Å². The van der Waals surface area contributed by atoms with Crippen molar-refractivity contribution in [2.45, 2.75) is 55.3 Å². The Balaban J connectivity index is 1.69. The van der Waals surface area contributed by atoms with Gasteiger partial charge in [0.15, 0.2) is 0 Å². The summed E-state index contributed by atoms with van der Waals surface area (Å²) >= 11 is 0. The van der Waals surface area contributed by atoms with Gasteiger partial charge in [-0.3, -0.25) is 4.79 Å². The van der Waals surface area contributed by atoms with Crippen LogP contribution in [0.4, 0.5) is 26.3 Å². The summed E-state index contributed by atoms with van der Waals surface area (Å²) in [4.78, 5) is 14.2. The lowest BCUT2D eigenvalue weighted by molar-refractivity contribution is -0.161. The fraction of sp³-hybridized carbons (Fsp3) is 0.435. The third-order valence-corrected chi connectivity index (χ3v) is 8.00. The lowest BCUT2D eigenvalue weighted by Crippen LogP contribution is -2.57. The van der Waals surface area contributed by atoms with Gasteiger partial charge in [-0.25, -0.2) is 26.9 Å². The number of carbonyl (C=O) groups is 1. The maximum atomic E-state index is 15.5. The molecule has 2 aromatic carbocycles. The summed E-state index contributed by atoms with van der Waals surface area (Å²) in [6.07, 6.45) is 0.441. The average molecular weight is 536 g/mol. The molecule has 1 aliphatic carbocycles. The molecule has 1 heterocycles. The third-order valence-electron chi connectivity index (χ3n) is 6.71. The van der Waals surface area contributed by atoms with Crippen molar-refractivity contribution < 1.29 is 40.5 Å². The Kier molecular flexibility index (Phi) is 6.86. The molecule has 0 bridgehead atoms. The second kappa shape index (κ2) is 9.34. The largest absolute Gasteiger partial charge is 0.492 e. The summed E-state index contributed by atoms with van der Waals surface area (Å²) in [5.74, 6) is -3.49. The number of aliphatic hydroxyl groups is 1. The van der Waals surface area contributed by atoms with E-state index in [0.29, 0.717) is 12.5 Å². The molecule has 2 aromatic rings. The molecule has 36 heavy (non-hydrogen) atoms. The van der Waals surface area contributed by atoms with Crippen LogP contribution >= 0.6 is 0 Å². The average Bonchev–Trinajstić information content (AvgIpc) is 3.12. The second-order valence-corrected chi connectivity index (χ2v) is 10.9. The monoisotopic (exact) mass is 535 g/mol. The Morgan fingerprint density at radius 1 is 1.17 bits per heavy atom. The number of carbonyl (C=O) groups excluding carboxylic acids is 1. The fourth-order valence-corrected chi connectivity index (χ4v) is 5.50. The molecule has 3 N–H and O–H groups in total. The van der Waals surface area contributed by atoms with E-state index in [4.69, 9.17) is 4.78 Å². The van der Waals surface area contributed by atoms with Crippen molar-refractivity contribution in [3.8, 4) is 11.1 Å². The molecule has 4 rings (SSSR count). The molecule has 1 amide bonds. The summed E-state index contributed by atoms with van der Waals surface area (Å²) in [5.41, 5.74) is -7.40. The van der Waals surface area contributed by atoms with Crippen LogP contribution in [-0.4, -0.2) is 49.9 Å². The van der Waals surface area contributed by atoms with E-state index in [0.717, 1.165) is 17.0 Å². The van der Waals surface area contributed by atoms with Gasteiger partial charge >= 0.3 is 5.51 Å². The van der Waals surface area contributed by atoms with Crippen LogP contribution in [0.2, 0.25) is 0 Å². The normalized spacial score (nSPS) is 23.2. The first kappa shape index (κ1) is 26.4. The molecule has 2 aliphatic rings. The third kappa shape index (κ3) is 4.96. The number of hydrogen-bond donors (Lipinski definition) is 3. The van der Waals surface area contributed by atoms with Crippen molar-refractivity contribution in [2.24, 2.45) is 0 Å². The number of rotatable bonds is 6. The lowest BCUT2D eigenvalue weighted by atomic mass is 9.79. The first-order valence-corrected chi connectivity index (χ1v) is 12.7. The molecule has 3 atom stereocenters. The van der Waals surface area contributed by atoms with Crippen molar-refractivity contribution in [3.05, 3.63) is 59.4 Å². The molecule has 0 spiro atoms. The Morgan fingerprint density at radius 3 is 2.36 bits per heavy atom. The number of amides is 1. The predicted molar refractivity (Wildman–Crippen MR) is 118 cm³/mol. The van der Waals surface area contributed by atoms with Gasteiger partial charge in [0.25, 0.3) is 5.91 Å². The maximum Gasteiger partial charge on any atom is 0.492 e. The van der Waals surface area contributed by atoms with Gasteiger partial charge < -0.3 is 10.0 Å². The number of nitrogens with one attached hydrogen (secondary N) is 2. The molecule has 1 aliphatic heterocycles. The Morgan fingerprint density at radius 2 is 1.81 bits per heavy atom. The highest BCUT2D eigenvalue weighted by Gasteiger charge is 2.51. The van der Waals surface area contributed by atoms with E-state index in [1.165, 1.54) is 18.2 Å². The van der Waals surface area contributed by atoms with E-state index >= 15 is 4.39 Å². The molecule has 0 radical (unpaired) electrons. The molecule has 6 nitrogen and oxygen atoms in total. The van der Waals surface area contributed by atoms with Crippen LogP contribution < -0.4 is 4.72 Å². The summed E-state index contributed by atoms with van der Waals surface area (Å²) in [7, 11) is -5.28. The number of alkyl halides is 3. The van der Waals surface area contributed by atoms with Crippen molar-refractivity contribution in [3.63, 3.8) is 0 Å². The quantitative estimate of drug-likeness (QED) is 0.483. The maximum absolute atomic E-state index is 15.5. The minimum absolute atomic E-state index is 0.0715. The lowest BCUT2D eigenvalue weighted by Gasteiger charge is -2.40. The van der Waals surface area contributed by atoms with Crippen LogP contribution in [0.15, 0.2) is 36.4 Å². The molecule has 196 valence electrons. The van der Waals surface area contributed by atoms with Gasteiger partial charge in [0, 0.05) is 24.2 Å². The number of hydrogen-bond acceptors (Lipinski definition) is 4. The van der Waals surface area contributed by atoms with E-state index < -0.39 is 56.5 Å². The zero-order valence-electron chi connectivity index (χ0n) is 18.7. The van der Waals surface area contributed by atoms with E-state index in [1.807, 2.05) is 0 Å². The highest BCUT2D eigenvalue weighted by Crippen LogP contribution is 2.37. The van der Waals surface area contributed by atoms with Crippen molar-refractivity contribution >= 4 is 15.8 Å². The van der Waals surface area contributed by atoms with Crippen LogP contribution in [0.5, 0.6) is 0 Å². The van der Waals surface area contributed by atoms with Gasteiger partial charge in [0.1, 0.15) is 23.1 Å². The predicted octanol–water partition coefficient (Wildman–Crippen LogP) is 4.27. The molecular weight excluding hydrogens is 512 g/mol. The number of nitrogens with zero attached hydrogens (tertiary/aromatic N) is 1. The van der Waals surface area contributed by atoms with Gasteiger partial charge in [-0.15, -0.1) is 0 Å². The van der Waals surface area contributed by atoms with Gasteiger partial charge in [-0.2, -0.15) is 13.2 Å². The Hall–Kier alpha value is -2.64. The summed E-state index contributed by atoms with van der Waals surface area (Å²) < 4.78 is 103. The second-order valence-electron chi connectivity index (χ2n) is 9.11. The van der Waals surface area contributed by atoms with Crippen LogP contribution in [-0.2, 0) is 21.1 Å². The number of halogens is 6. The molecule has 2 fully saturated rings. The van der Waals surface area contributed by atoms with Crippen LogP contribution in [0.3, 0.4) is 0 Å². The zero-order valence-corrected chi connectivity index (χ0v) is 19.6. The molecule has 1 saturated heterocycles. The highest BCUT2D eigenvalue weighted by atomic mass is 32.2. The summed E-state index contributed by atoms with van der Waals surface area (Å²) in [6.45, 7) is -0.104. The van der Waals surface area contributed by atoms with Gasteiger partial charge in [-0.1, -0.05) is 18.2 Å². The zero-order chi connectivity index (χ0) is 26.5. The Labute approximate surface area is 203 Å². The molecular formula is C23H23F6N3O3S. The van der Waals surface area contributed by atoms with E-state index in [9.17, 15) is 36.1 Å². The highest BCUT2D eigenvalue weighted by molar-refractivity contribution is 7.91. The number of likely N-dealkylation sites (tertiary alicyclic amines) is 1. The molecule has 13 heteroatoms. The SMILES string of the molecule is N=S(=O)(N[C@H]1CCN(C(=O)C2(O)CCC2)[C@H]1Cc1cccc(-c2cc(F)cc(F)c2)c1F)C(F)(F)F. The topological polar surface area (TPSA) is 93.5 Å². The standard InChI is InChI=1S/C23H23F6N3O3S/c24-15-9-14(10-16(25)12-15)17-4-1-3-13(20(17)26)11-19-18(31-36(30,35)23(27,28)29)5-8-32(19)21(33)22(34)6-2-7-22/h1,3-4,9-10,12,18-19,34H,2,5-8,11H2,(H2,30,31,35)/t18-,19-,36?/m0/s1.